The first-order chi connectivity index (χ1) is 9.40. The Morgan fingerprint density at radius 2 is 2.15 bits per heavy atom. The quantitative estimate of drug-likeness (QED) is 0.932. The molecule has 0 saturated heterocycles. The molecule has 1 aromatic heterocycles. The standard InChI is InChI=1S/C14H16FN3O2/c1-8(2)13-12(14(19)20)16-17-18(13)7-10-4-5-11(15)6-9(10)3/h4-6,8H,7H2,1-3H3,(H,19,20). The van der Waals surface area contributed by atoms with Gasteiger partial charge in [-0.15, -0.1) is 5.10 Å². The maximum absolute atomic E-state index is 13.1. The van der Waals surface area contributed by atoms with Crippen LogP contribution >= 0.6 is 0 Å². The van der Waals surface area contributed by atoms with E-state index < -0.39 is 5.97 Å². The van der Waals surface area contributed by atoms with Gasteiger partial charge < -0.3 is 5.11 Å². The predicted molar refractivity (Wildman–Crippen MR) is 71.3 cm³/mol. The molecule has 0 spiro atoms. The molecule has 1 aromatic carbocycles. The van der Waals surface area contributed by atoms with Gasteiger partial charge in [-0.05, 0) is 36.1 Å². The van der Waals surface area contributed by atoms with Crippen LogP contribution in [0.5, 0.6) is 0 Å². The van der Waals surface area contributed by atoms with Crippen molar-refractivity contribution < 1.29 is 14.3 Å². The molecule has 0 aliphatic heterocycles. The molecule has 0 fully saturated rings. The molecular weight excluding hydrogens is 261 g/mol. The van der Waals surface area contributed by atoms with Gasteiger partial charge in [0.25, 0.3) is 0 Å². The highest BCUT2D eigenvalue weighted by atomic mass is 19.1. The van der Waals surface area contributed by atoms with Crippen LogP contribution in [0, 0.1) is 12.7 Å². The summed E-state index contributed by atoms with van der Waals surface area (Å²) in [6.07, 6.45) is 0. The third-order valence-electron chi connectivity index (χ3n) is 3.15. The second-order valence-corrected chi connectivity index (χ2v) is 5.01. The molecule has 106 valence electrons. The van der Waals surface area contributed by atoms with Crippen LogP contribution in [0.2, 0.25) is 0 Å². The monoisotopic (exact) mass is 277 g/mol. The predicted octanol–water partition coefficient (Wildman–Crippen LogP) is 2.60. The Hall–Kier alpha value is -2.24. The highest BCUT2D eigenvalue weighted by molar-refractivity contribution is 5.86. The molecule has 0 unspecified atom stereocenters. The zero-order valence-corrected chi connectivity index (χ0v) is 11.6. The maximum atomic E-state index is 13.1. The van der Waals surface area contributed by atoms with E-state index in [0.29, 0.717) is 12.2 Å². The summed E-state index contributed by atoms with van der Waals surface area (Å²) >= 11 is 0. The minimum Gasteiger partial charge on any atom is -0.476 e. The zero-order valence-electron chi connectivity index (χ0n) is 11.6. The summed E-state index contributed by atoms with van der Waals surface area (Å²) < 4.78 is 14.7. The minimum absolute atomic E-state index is 0.0168. The number of benzene rings is 1. The van der Waals surface area contributed by atoms with Gasteiger partial charge in [0.1, 0.15) is 5.82 Å². The lowest BCUT2D eigenvalue weighted by atomic mass is 10.1. The van der Waals surface area contributed by atoms with Crippen LogP contribution in [0.4, 0.5) is 4.39 Å². The highest BCUT2D eigenvalue weighted by Gasteiger charge is 2.21. The number of rotatable bonds is 4. The Morgan fingerprint density at radius 3 is 2.70 bits per heavy atom. The van der Waals surface area contributed by atoms with E-state index in [1.54, 1.807) is 10.7 Å². The van der Waals surface area contributed by atoms with Crippen molar-refractivity contribution >= 4 is 5.97 Å². The second-order valence-electron chi connectivity index (χ2n) is 5.01. The Kier molecular flexibility index (Phi) is 3.83. The molecule has 20 heavy (non-hydrogen) atoms. The van der Waals surface area contributed by atoms with Gasteiger partial charge in [-0.2, -0.15) is 0 Å². The molecule has 1 N–H and O–H groups in total. The number of carboxylic acid groups (broad SMARTS) is 1. The lowest BCUT2D eigenvalue weighted by Crippen LogP contribution is -2.11. The normalized spacial score (nSPS) is 11.1. The lowest BCUT2D eigenvalue weighted by molar-refractivity contribution is 0.0688. The third-order valence-corrected chi connectivity index (χ3v) is 3.15. The number of aromatic carboxylic acids is 1. The van der Waals surface area contributed by atoms with Gasteiger partial charge in [-0.1, -0.05) is 25.1 Å². The molecule has 2 aromatic rings. The van der Waals surface area contributed by atoms with Crippen LogP contribution in [0.25, 0.3) is 0 Å². The molecular formula is C14H16FN3O2. The van der Waals surface area contributed by atoms with Crippen molar-refractivity contribution in [3.8, 4) is 0 Å². The van der Waals surface area contributed by atoms with Gasteiger partial charge in [0.15, 0.2) is 5.69 Å². The number of nitrogens with zero attached hydrogens (tertiary/aromatic N) is 3. The summed E-state index contributed by atoms with van der Waals surface area (Å²) in [5, 5.41) is 16.7. The number of carbonyl (C=O) groups is 1. The largest absolute Gasteiger partial charge is 0.476 e. The average Bonchev–Trinajstić information content (AvgIpc) is 2.76. The van der Waals surface area contributed by atoms with Crippen molar-refractivity contribution in [3.63, 3.8) is 0 Å². The van der Waals surface area contributed by atoms with Gasteiger partial charge in [-0.25, -0.2) is 13.9 Å². The van der Waals surface area contributed by atoms with Gasteiger partial charge >= 0.3 is 5.97 Å². The Labute approximate surface area is 116 Å². The Balaban J connectivity index is 2.41. The van der Waals surface area contributed by atoms with Crippen LogP contribution in [-0.4, -0.2) is 26.1 Å². The first-order valence-electron chi connectivity index (χ1n) is 6.32. The number of hydrogen-bond acceptors (Lipinski definition) is 3. The fourth-order valence-corrected chi connectivity index (χ4v) is 2.16. The van der Waals surface area contributed by atoms with Crippen LogP contribution in [-0.2, 0) is 6.54 Å². The Bertz CT molecular complexity index is 650. The summed E-state index contributed by atoms with van der Waals surface area (Å²) in [7, 11) is 0. The van der Waals surface area contributed by atoms with Crippen molar-refractivity contribution in [1.29, 1.82) is 0 Å². The molecule has 0 aliphatic rings. The molecule has 1 heterocycles. The fraction of sp³-hybridized carbons (Fsp3) is 0.357. The maximum Gasteiger partial charge on any atom is 0.358 e. The van der Waals surface area contributed by atoms with Gasteiger partial charge in [0.2, 0.25) is 0 Å². The topological polar surface area (TPSA) is 68.0 Å². The van der Waals surface area contributed by atoms with Gasteiger partial charge in [-0.3, -0.25) is 0 Å². The van der Waals surface area contributed by atoms with Crippen LogP contribution in [0.15, 0.2) is 18.2 Å². The summed E-state index contributed by atoms with van der Waals surface area (Å²) in [5.74, 6) is -1.40. The van der Waals surface area contributed by atoms with E-state index in [1.807, 2.05) is 20.8 Å². The van der Waals surface area contributed by atoms with Gasteiger partial charge in [0.05, 0.1) is 12.2 Å². The average molecular weight is 277 g/mol. The molecule has 2 rings (SSSR count). The van der Waals surface area contributed by atoms with Crippen molar-refractivity contribution in [2.45, 2.75) is 33.2 Å². The van der Waals surface area contributed by atoms with E-state index in [0.717, 1.165) is 11.1 Å². The molecule has 0 saturated carbocycles. The molecule has 0 atom stereocenters. The van der Waals surface area contributed by atoms with Crippen molar-refractivity contribution in [2.75, 3.05) is 0 Å². The second kappa shape index (κ2) is 5.40. The van der Waals surface area contributed by atoms with E-state index in [2.05, 4.69) is 10.3 Å². The Morgan fingerprint density at radius 1 is 1.45 bits per heavy atom. The van der Waals surface area contributed by atoms with Gasteiger partial charge in [0, 0.05) is 0 Å². The van der Waals surface area contributed by atoms with Crippen LogP contribution in [0.1, 0.15) is 47.1 Å². The van der Waals surface area contributed by atoms with E-state index >= 15 is 0 Å². The number of aryl methyl sites for hydroxylation is 1. The zero-order chi connectivity index (χ0) is 14.9. The number of aromatic nitrogens is 3. The van der Waals surface area contributed by atoms with Crippen molar-refractivity contribution in [3.05, 3.63) is 46.5 Å². The fourth-order valence-electron chi connectivity index (χ4n) is 2.16. The van der Waals surface area contributed by atoms with E-state index in [4.69, 9.17) is 5.11 Å². The first kappa shape index (κ1) is 14.2. The molecule has 0 bridgehead atoms. The SMILES string of the molecule is Cc1cc(F)ccc1Cn1nnc(C(=O)O)c1C(C)C. The third kappa shape index (κ3) is 2.68. The van der Waals surface area contributed by atoms with Crippen molar-refractivity contribution in [1.82, 2.24) is 15.0 Å². The lowest BCUT2D eigenvalue weighted by Gasteiger charge is -2.11. The molecule has 5 nitrogen and oxygen atoms in total. The van der Waals surface area contributed by atoms with E-state index in [9.17, 15) is 9.18 Å². The number of halogens is 1. The highest BCUT2D eigenvalue weighted by Crippen LogP contribution is 2.20. The molecule has 0 amide bonds. The number of carboxylic acids is 1. The van der Waals surface area contributed by atoms with E-state index in [-0.39, 0.29) is 17.4 Å². The smallest absolute Gasteiger partial charge is 0.358 e. The molecule has 6 heteroatoms. The summed E-state index contributed by atoms with van der Waals surface area (Å²) in [6, 6.07) is 4.50. The summed E-state index contributed by atoms with van der Waals surface area (Å²) in [4.78, 5) is 11.1. The number of hydrogen-bond donors (Lipinski definition) is 1. The molecule has 0 aliphatic carbocycles. The molecule has 0 radical (unpaired) electrons. The van der Waals surface area contributed by atoms with Crippen LogP contribution in [0.3, 0.4) is 0 Å². The van der Waals surface area contributed by atoms with Crippen LogP contribution < -0.4 is 0 Å². The van der Waals surface area contributed by atoms with Crippen molar-refractivity contribution in [2.24, 2.45) is 0 Å². The first-order valence-corrected chi connectivity index (χ1v) is 6.32. The summed E-state index contributed by atoms with van der Waals surface area (Å²) in [6.45, 7) is 5.96. The minimum atomic E-state index is -1.09. The van der Waals surface area contributed by atoms with E-state index in [1.165, 1.54) is 12.1 Å². The summed E-state index contributed by atoms with van der Waals surface area (Å²) in [5.41, 5.74) is 2.23.